The Hall–Kier alpha value is -1.51. The SMILES string of the molecule is CN(CC[C@@H]1CCCCO1)Cc1cnc2c(S(C)(=O)=O)cnn2c1. The highest BCUT2D eigenvalue weighted by Gasteiger charge is 2.17. The molecule has 1 fully saturated rings. The molecule has 0 aromatic carbocycles. The van der Waals surface area contributed by atoms with E-state index in [2.05, 4.69) is 22.0 Å². The van der Waals surface area contributed by atoms with E-state index in [1.165, 1.54) is 29.8 Å². The zero-order valence-electron chi connectivity index (χ0n) is 14.2. The molecule has 0 bridgehead atoms. The molecule has 1 aliphatic heterocycles. The van der Waals surface area contributed by atoms with Crippen LogP contribution in [0.1, 0.15) is 31.2 Å². The van der Waals surface area contributed by atoms with Crippen molar-refractivity contribution < 1.29 is 13.2 Å². The Kier molecular flexibility index (Phi) is 5.17. The number of aromatic nitrogens is 3. The molecular weight excluding hydrogens is 328 g/mol. The molecule has 0 unspecified atom stereocenters. The number of hydrogen-bond donors (Lipinski definition) is 0. The number of nitrogens with zero attached hydrogens (tertiary/aromatic N) is 4. The molecule has 0 aliphatic carbocycles. The van der Waals surface area contributed by atoms with Gasteiger partial charge < -0.3 is 9.64 Å². The summed E-state index contributed by atoms with van der Waals surface area (Å²) < 4.78 is 30.7. The Labute approximate surface area is 142 Å². The Bertz CT molecular complexity index is 797. The minimum absolute atomic E-state index is 0.164. The lowest BCUT2D eigenvalue weighted by Gasteiger charge is -2.25. The average Bonchev–Trinajstić information content (AvgIpc) is 2.97. The van der Waals surface area contributed by atoms with Gasteiger partial charge in [-0.25, -0.2) is 17.9 Å². The highest BCUT2D eigenvalue weighted by molar-refractivity contribution is 7.90. The summed E-state index contributed by atoms with van der Waals surface area (Å²) in [6.45, 7) is 2.58. The van der Waals surface area contributed by atoms with Crippen molar-refractivity contribution in [3.05, 3.63) is 24.2 Å². The van der Waals surface area contributed by atoms with E-state index in [0.717, 1.165) is 38.1 Å². The van der Waals surface area contributed by atoms with Crippen LogP contribution in [-0.4, -0.2) is 60.5 Å². The molecule has 0 radical (unpaired) electrons. The number of ether oxygens (including phenoxy) is 1. The first-order valence-electron chi connectivity index (χ1n) is 8.26. The van der Waals surface area contributed by atoms with Crippen molar-refractivity contribution in [1.82, 2.24) is 19.5 Å². The second-order valence-corrected chi connectivity index (χ2v) is 8.51. The van der Waals surface area contributed by atoms with E-state index in [-0.39, 0.29) is 4.90 Å². The maximum Gasteiger partial charge on any atom is 0.180 e. The van der Waals surface area contributed by atoms with Crippen LogP contribution in [0.3, 0.4) is 0 Å². The Morgan fingerprint density at radius 3 is 2.92 bits per heavy atom. The Morgan fingerprint density at radius 2 is 2.21 bits per heavy atom. The minimum atomic E-state index is -3.31. The zero-order valence-corrected chi connectivity index (χ0v) is 15.0. The van der Waals surface area contributed by atoms with Crippen molar-refractivity contribution in [2.24, 2.45) is 0 Å². The van der Waals surface area contributed by atoms with Gasteiger partial charge in [-0.15, -0.1) is 0 Å². The Morgan fingerprint density at radius 1 is 1.38 bits per heavy atom. The summed E-state index contributed by atoms with van der Waals surface area (Å²) in [5, 5.41) is 4.11. The van der Waals surface area contributed by atoms with Crippen molar-refractivity contribution in [2.45, 2.75) is 43.2 Å². The van der Waals surface area contributed by atoms with Crippen LogP contribution in [0.15, 0.2) is 23.5 Å². The smallest absolute Gasteiger partial charge is 0.180 e. The van der Waals surface area contributed by atoms with E-state index >= 15 is 0 Å². The lowest BCUT2D eigenvalue weighted by molar-refractivity contribution is 0.00640. The van der Waals surface area contributed by atoms with E-state index in [9.17, 15) is 8.42 Å². The van der Waals surface area contributed by atoms with E-state index in [0.29, 0.717) is 11.8 Å². The van der Waals surface area contributed by atoms with Gasteiger partial charge in [0.15, 0.2) is 15.5 Å². The molecule has 1 saturated heterocycles. The van der Waals surface area contributed by atoms with E-state index in [4.69, 9.17) is 4.74 Å². The first-order chi connectivity index (χ1) is 11.4. The minimum Gasteiger partial charge on any atom is -0.378 e. The predicted octanol–water partition coefficient (Wildman–Crippen LogP) is 1.52. The molecule has 1 aliphatic rings. The van der Waals surface area contributed by atoms with Crippen molar-refractivity contribution >= 4 is 15.5 Å². The largest absolute Gasteiger partial charge is 0.378 e. The summed E-state index contributed by atoms with van der Waals surface area (Å²) in [6, 6.07) is 0. The first-order valence-corrected chi connectivity index (χ1v) is 10.1. The molecule has 2 aromatic rings. The van der Waals surface area contributed by atoms with Gasteiger partial charge in [0.05, 0.1) is 12.3 Å². The average molecular weight is 352 g/mol. The van der Waals surface area contributed by atoms with E-state index in [1.54, 1.807) is 6.20 Å². The third kappa shape index (κ3) is 4.12. The lowest BCUT2D eigenvalue weighted by Crippen LogP contribution is -2.26. The molecule has 3 heterocycles. The highest BCUT2D eigenvalue weighted by Crippen LogP contribution is 2.17. The summed E-state index contributed by atoms with van der Waals surface area (Å²) >= 11 is 0. The third-order valence-corrected chi connectivity index (χ3v) is 5.42. The van der Waals surface area contributed by atoms with Gasteiger partial charge in [-0.05, 0) is 32.7 Å². The van der Waals surface area contributed by atoms with Crippen molar-refractivity contribution in [3.63, 3.8) is 0 Å². The van der Waals surface area contributed by atoms with Crippen LogP contribution in [-0.2, 0) is 21.1 Å². The highest BCUT2D eigenvalue weighted by atomic mass is 32.2. The van der Waals surface area contributed by atoms with Crippen molar-refractivity contribution in [1.29, 1.82) is 0 Å². The molecule has 0 spiro atoms. The van der Waals surface area contributed by atoms with Crippen LogP contribution < -0.4 is 0 Å². The van der Waals surface area contributed by atoms with Crippen LogP contribution in [0.25, 0.3) is 5.65 Å². The number of fused-ring (bicyclic) bond motifs is 1. The van der Waals surface area contributed by atoms with Gasteiger partial charge in [-0.3, -0.25) is 0 Å². The van der Waals surface area contributed by atoms with Crippen LogP contribution in [0.5, 0.6) is 0 Å². The summed E-state index contributed by atoms with van der Waals surface area (Å²) in [4.78, 5) is 6.67. The predicted molar refractivity (Wildman–Crippen MR) is 90.6 cm³/mol. The molecule has 24 heavy (non-hydrogen) atoms. The lowest BCUT2D eigenvalue weighted by atomic mass is 10.1. The first kappa shape index (κ1) is 17.3. The molecule has 8 heteroatoms. The summed E-state index contributed by atoms with van der Waals surface area (Å²) in [6.07, 6.45) is 11.1. The molecule has 2 aromatic heterocycles. The van der Waals surface area contributed by atoms with Crippen LogP contribution in [0, 0.1) is 0 Å². The van der Waals surface area contributed by atoms with Gasteiger partial charge in [-0.2, -0.15) is 5.10 Å². The quantitative estimate of drug-likeness (QED) is 0.785. The summed E-state index contributed by atoms with van der Waals surface area (Å²) in [5.41, 5.74) is 1.37. The molecule has 0 N–H and O–H groups in total. The fourth-order valence-corrected chi connectivity index (χ4v) is 3.74. The normalized spacial score (nSPS) is 19.2. The summed E-state index contributed by atoms with van der Waals surface area (Å²) in [5.74, 6) is 0. The van der Waals surface area contributed by atoms with E-state index in [1.807, 2.05) is 6.20 Å². The van der Waals surface area contributed by atoms with Crippen molar-refractivity contribution in [3.8, 4) is 0 Å². The van der Waals surface area contributed by atoms with Gasteiger partial charge >= 0.3 is 0 Å². The number of hydrogen-bond acceptors (Lipinski definition) is 6. The molecule has 7 nitrogen and oxygen atoms in total. The van der Waals surface area contributed by atoms with E-state index < -0.39 is 9.84 Å². The molecule has 1 atom stereocenters. The molecule has 0 saturated carbocycles. The van der Waals surface area contributed by atoms with Crippen LogP contribution in [0.4, 0.5) is 0 Å². The maximum atomic E-state index is 11.7. The van der Waals surface area contributed by atoms with Gasteiger partial charge in [0.2, 0.25) is 0 Å². The Balaban J connectivity index is 1.62. The zero-order chi connectivity index (χ0) is 17.2. The van der Waals surface area contributed by atoms with Crippen LogP contribution >= 0.6 is 0 Å². The van der Waals surface area contributed by atoms with Gasteiger partial charge in [0.1, 0.15) is 4.90 Å². The topological polar surface area (TPSA) is 76.8 Å². The van der Waals surface area contributed by atoms with Gasteiger partial charge in [-0.1, -0.05) is 0 Å². The maximum absolute atomic E-state index is 11.7. The molecular formula is C16H24N4O3S. The van der Waals surface area contributed by atoms with Crippen molar-refractivity contribution in [2.75, 3.05) is 26.5 Å². The second-order valence-electron chi connectivity index (χ2n) is 6.53. The van der Waals surface area contributed by atoms with Gasteiger partial charge in [0, 0.05) is 43.9 Å². The third-order valence-electron chi connectivity index (χ3n) is 4.34. The van der Waals surface area contributed by atoms with Crippen LogP contribution in [0.2, 0.25) is 0 Å². The standard InChI is InChI=1S/C16H24N4O3S/c1-19(7-6-14-5-3-4-8-23-14)11-13-9-17-16-15(24(2,21)22)10-18-20(16)12-13/h9-10,12,14H,3-8,11H2,1-2H3/t14-/m0/s1. The number of rotatable bonds is 6. The molecule has 132 valence electrons. The molecule has 0 amide bonds. The van der Waals surface area contributed by atoms with Gasteiger partial charge in [0.25, 0.3) is 0 Å². The molecule has 3 rings (SSSR count). The number of sulfone groups is 1. The fraction of sp³-hybridized carbons (Fsp3) is 0.625. The monoisotopic (exact) mass is 352 g/mol. The summed E-state index contributed by atoms with van der Waals surface area (Å²) in [7, 11) is -1.25. The second kappa shape index (κ2) is 7.16. The fourth-order valence-electron chi connectivity index (χ4n) is 3.03.